The van der Waals surface area contributed by atoms with E-state index in [2.05, 4.69) is 26.8 Å². The highest BCUT2D eigenvalue weighted by molar-refractivity contribution is 5.22. The molecule has 0 amide bonds. The smallest absolute Gasteiger partial charge is 0.187 e. The Morgan fingerprint density at radius 2 is 1.27 bits per heavy atom. The van der Waals surface area contributed by atoms with Crippen LogP contribution in [0.2, 0.25) is 0 Å². The van der Waals surface area contributed by atoms with Crippen LogP contribution in [0, 0.1) is 45.3 Å². The van der Waals surface area contributed by atoms with Gasteiger partial charge in [0, 0.05) is 0 Å². The first-order chi connectivity index (χ1) is 30.7. The molecule has 26 atom stereocenters. The second-order valence-electron chi connectivity index (χ2n) is 23.0. The van der Waals surface area contributed by atoms with Gasteiger partial charge in [0.05, 0.1) is 43.2 Å². The van der Waals surface area contributed by atoms with Crippen LogP contribution in [0.5, 0.6) is 0 Å². The van der Waals surface area contributed by atoms with Crippen molar-refractivity contribution in [3.63, 3.8) is 0 Å². The van der Waals surface area contributed by atoms with Gasteiger partial charge in [0.1, 0.15) is 67.1 Å². The second-order valence-corrected chi connectivity index (χ2v) is 23.0. The lowest BCUT2D eigenvalue weighted by atomic mass is 9.34. The van der Waals surface area contributed by atoms with E-state index in [0.717, 1.165) is 5.57 Å². The van der Waals surface area contributed by atoms with E-state index in [1.54, 1.807) is 0 Å². The van der Waals surface area contributed by atoms with Crippen LogP contribution in [0.3, 0.4) is 0 Å². The molecule has 0 bridgehead atoms. The molecular formula is C48H82O18. The van der Waals surface area contributed by atoms with Crippen molar-refractivity contribution in [3.05, 3.63) is 11.6 Å². The van der Waals surface area contributed by atoms with E-state index in [1.807, 2.05) is 34.6 Å². The predicted molar refractivity (Wildman–Crippen MR) is 234 cm³/mol. The van der Waals surface area contributed by atoms with E-state index < -0.39 is 151 Å². The van der Waals surface area contributed by atoms with Crippen LogP contribution in [0.15, 0.2) is 11.6 Å². The zero-order chi connectivity index (χ0) is 48.8. The summed E-state index contributed by atoms with van der Waals surface area (Å²) in [4.78, 5) is 0. The van der Waals surface area contributed by atoms with Crippen molar-refractivity contribution in [3.8, 4) is 0 Å². The number of aliphatic hydroxyl groups is 12. The van der Waals surface area contributed by atoms with Gasteiger partial charge in [-0.3, -0.25) is 0 Å². The molecule has 0 aromatic heterocycles. The van der Waals surface area contributed by atoms with Crippen molar-refractivity contribution >= 4 is 0 Å². The van der Waals surface area contributed by atoms with Crippen LogP contribution in [0.1, 0.15) is 114 Å². The van der Waals surface area contributed by atoms with Gasteiger partial charge < -0.3 is 89.7 Å². The average Bonchev–Trinajstić information content (AvgIpc) is 3.64. The van der Waals surface area contributed by atoms with Crippen molar-refractivity contribution in [2.24, 2.45) is 45.3 Å². The summed E-state index contributed by atoms with van der Waals surface area (Å²) in [6, 6.07) is 0. The normalized spacial score (nSPS) is 53.5. The lowest BCUT2D eigenvalue weighted by Crippen LogP contribution is -2.71. The molecule has 0 unspecified atom stereocenters. The number of rotatable bonds is 12. The van der Waals surface area contributed by atoms with Gasteiger partial charge in [-0.1, -0.05) is 46.3 Å². The summed E-state index contributed by atoms with van der Waals surface area (Å²) >= 11 is 0. The quantitative estimate of drug-likeness (QED) is 0.0904. The minimum atomic E-state index is -1.75. The maximum Gasteiger partial charge on any atom is 0.187 e. The fraction of sp³-hybridized carbons (Fsp3) is 0.958. The summed E-state index contributed by atoms with van der Waals surface area (Å²) in [6.07, 6.45) is -18.3. The van der Waals surface area contributed by atoms with Gasteiger partial charge >= 0.3 is 0 Å². The summed E-state index contributed by atoms with van der Waals surface area (Å²) in [5.41, 5.74) is -2.43. The Balaban J connectivity index is 1.27. The van der Waals surface area contributed by atoms with Gasteiger partial charge in [-0.15, -0.1) is 0 Å². The number of ether oxygens (including phenoxy) is 6. The molecule has 7 rings (SSSR count). The standard InChI is InChI=1S/C48H82O18/c1-21(2)11-10-14-48(9,66-42-38(60)35(57)32(54)26(19-49)63-42)23-12-16-46(7)30(23)24(51)17-28-45(6)15-13-29(52)44(4,5)40(45)25(18-47(28,46)8)62-43-39(36(58)33(55)27(20-50)64-43)65-41-37(59)34(56)31(53)22(3)61-41/h11,22-43,49-60H,10,12-20H2,1-9H3/t22-,23-,24-,25-,26+,27-,28-,29+,30+,31-,32+,33-,34+,35-,36+,37+,38+,39+,40+,41+,42-,43-,45+,46-,47+,48+/m1/s1. The minimum Gasteiger partial charge on any atom is -0.394 e. The highest BCUT2D eigenvalue weighted by atomic mass is 16.8. The Kier molecular flexibility index (Phi) is 15.4. The lowest BCUT2D eigenvalue weighted by molar-refractivity contribution is -0.382. The first-order valence-electron chi connectivity index (χ1n) is 24.3. The maximum atomic E-state index is 12.7. The molecule has 4 aliphatic carbocycles. The molecular weight excluding hydrogens is 865 g/mol. The van der Waals surface area contributed by atoms with Crippen LogP contribution in [0.4, 0.5) is 0 Å². The van der Waals surface area contributed by atoms with Gasteiger partial charge in [-0.25, -0.2) is 0 Å². The molecule has 7 fully saturated rings. The van der Waals surface area contributed by atoms with Crippen LogP contribution >= 0.6 is 0 Å². The minimum absolute atomic E-state index is 0.0861. The Morgan fingerprint density at radius 1 is 0.682 bits per heavy atom. The van der Waals surface area contributed by atoms with Crippen LogP contribution in [0.25, 0.3) is 0 Å². The zero-order valence-corrected chi connectivity index (χ0v) is 40.2. The van der Waals surface area contributed by atoms with E-state index in [1.165, 1.54) is 6.92 Å². The van der Waals surface area contributed by atoms with Crippen LogP contribution in [-0.2, 0) is 28.4 Å². The lowest BCUT2D eigenvalue weighted by Gasteiger charge is -2.72. The van der Waals surface area contributed by atoms with E-state index in [4.69, 9.17) is 28.4 Å². The van der Waals surface area contributed by atoms with Crippen LogP contribution in [-0.4, -0.2) is 191 Å². The number of hydrogen-bond donors (Lipinski definition) is 12. The summed E-state index contributed by atoms with van der Waals surface area (Å²) in [5.74, 6) is -1.12. The number of aliphatic hydroxyl groups excluding tert-OH is 12. The zero-order valence-electron chi connectivity index (χ0n) is 40.2. The molecule has 66 heavy (non-hydrogen) atoms. The summed E-state index contributed by atoms with van der Waals surface area (Å²) in [5, 5.41) is 132. The molecule has 7 aliphatic rings. The molecule has 0 radical (unpaired) electrons. The van der Waals surface area contributed by atoms with Crippen LogP contribution < -0.4 is 0 Å². The van der Waals surface area contributed by atoms with Crippen molar-refractivity contribution in [1.82, 2.24) is 0 Å². The fourth-order valence-corrected chi connectivity index (χ4v) is 14.9. The Labute approximate surface area is 388 Å². The highest BCUT2D eigenvalue weighted by Gasteiger charge is 2.74. The summed E-state index contributed by atoms with van der Waals surface area (Å²) in [7, 11) is 0. The third-order valence-electron chi connectivity index (χ3n) is 18.7. The van der Waals surface area contributed by atoms with Crippen molar-refractivity contribution in [2.45, 2.75) is 230 Å². The van der Waals surface area contributed by atoms with Gasteiger partial charge in [0.15, 0.2) is 18.9 Å². The highest BCUT2D eigenvalue weighted by Crippen LogP contribution is 2.76. The van der Waals surface area contributed by atoms with Gasteiger partial charge in [0.25, 0.3) is 0 Å². The third-order valence-corrected chi connectivity index (χ3v) is 18.7. The van der Waals surface area contributed by atoms with Gasteiger partial charge in [0.2, 0.25) is 0 Å². The monoisotopic (exact) mass is 947 g/mol. The van der Waals surface area contributed by atoms with E-state index in [-0.39, 0.29) is 23.7 Å². The molecule has 3 saturated heterocycles. The molecule has 3 heterocycles. The molecule has 382 valence electrons. The molecule has 18 nitrogen and oxygen atoms in total. The Hall–Kier alpha value is -0.980. The molecule has 0 spiro atoms. The van der Waals surface area contributed by atoms with Crippen molar-refractivity contribution < 1.29 is 89.7 Å². The SMILES string of the molecule is CC(C)=CCC[C@](C)(O[C@H]1O[C@@H](CO)[C@H](O)[C@@H](O)[C@@H]1O)[C@@H]1CC[C@]2(C)[C@@H]1[C@H](O)C[C@@H]1[C@]3(C)CC[C@H](O)C(C)(C)[C@@H]3[C@H](O[C@@H]3O[C@H](CO)[C@@H](O)[C@H](O)[C@@H]3O[C@@H]3O[C@H](C)[C@@H](O)[C@H](O)[C@@H]3O)C[C@@]12C. The van der Waals surface area contributed by atoms with E-state index in [0.29, 0.717) is 51.4 Å². The van der Waals surface area contributed by atoms with E-state index in [9.17, 15) is 61.3 Å². The topological polar surface area (TPSA) is 298 Å². The maximum absolute atomic E-state index is 12.7. The first kappa shape index (κ1) is 52.8. The third kappa shape index (κ3) is 8.69. The van der Waals surface area contributed by atoms with Crippen molar-refractivity contribution in [2.75, 3.05) is 13.2 Å². The fourth-order valence-electron chi connectivity index (χ4n) is 14.9. The molecule has 18 heteroatoms. The summed E-state index contributed by atoms with van der Waals surface area (Å²) < 4.78 is 38.1. The average molecular weight is 947 g/mol. The summed E-state index contributed by atoms with van der Waals surface area (Å²) in [6.45, 7) is 16.8. The largest absolute Gasteiger partial charge is 0.394 e. The Morgan fingerprint density at radius 3 is 1.89 bits per heavy atom. The van der Waals surface area contributed by atoms with Gasteiger partial charge in [-0.05, 0) is 124 Å². The first-order valence-corrected chi connectivity index (χ1v) is 24.3. The number of fused-ring (bicyclic) bond motifs is 5. The molecule has 3 aliphatic heterocycles. The number of hydrogen-bond acceptors (Lipinski definition) is 18. The number of allylic oxidation sites excluding steroid dienone is 2. The molecule has 0 aromatic carbocycles. The predicted octanol–water partition coefficient (Wildman–Crippen LogP) is -0.0284. The van der Waals surface area contributed by atoms with Crippen molar-refractivity contribution in [1.29, 1.82) is 0 Å². The second kappa shape index (κ2) is 19.2. The molecule has 4 saturated carbocycles. The molecule has 12 N–H and O–H groups in total. The van der Waals surface area contributed by atoms with E-state index >= 15 is 0 Å². The molecule has 0 aromatic rings. The Bertz CT molecular complexity index is 1700. The van der Waals surface area contributed by atoms with Gasteiger partial charge in [-0.2, -0.15) is 0 Å².